The zero-order chi connectivity index (χ0) is 105. The number of hydrogen-bond donors (Lipinski definition) is 4. The second-order valence-electron chi connectivity index (χ2n) is 40.9. The van der Waals surface area contributed by atoms with E-state index >= 15 is 0 Å². The average Bonchev–Trinajstić information content (AvgIpc) is 0.907. The van der Waals surface area contributed by atoms with Gasteiger partial charge in [0, 0.05) is 89.2 Å². The fourth-order valence-electron chi connectivity index (χ4n) is 18.3. The summed E-state index contributed by atoms with van der Waals surface area (Å²) in [7, 11) is -5.45. The Kier molecular flexibility index (Phi) is 53.9. The van der Waals surface area contributed by atoms with E-state index in [1.807, 2.05) is 68.4 Å². The Morgan fingerprint density at radius 1 is 0.369 bits per heavy atom. The molecule has 20 atom stereocenters. The van der Waals surface area contributed by atoms with Gasteiger partial charge in [0.2, 0.25) is 7.38 Å². The number of benzene rings is 9. The van der Waals surface area contributed by atoms with Gasteiger partial charge in [-0.25, -0.2) is 0 Å². The number of rotatable bonds is 19. The molecule has 0 unspecified atom stereocenters. The van der Waals surface area contributed by atoms with E-state index in [9.17, 15) is 24.9 Å². The van der Waals surface area contributed by atoms with Crippen molar-refractivity contribution in [1.29, 1.82) is 1.34 Å². The maximum atomic E-state index is 13.0. The number of cyclic esters (lactones) is 2. The first-order chi connectivity index (χ1) is 66.9. The number of carbonyl (C=O) groups is 2. The van der Waals surface area contributed by atoms with Crippen LogP contribution in [0.1, 0.15) is 180 Å². The molecule has 141 heavy (non-hydrogen) atoms. The van der Waals surface area contributed by atoms with Crippen LogP contribution in [0.5, 0.6) is 0 Å². The molecule has 5 aliphatic rings. The van der Waals surface area contributed by atoms with Crippen molar-refractivity contribution in [1.82, 2.24) is 0 Å². The van der Waals surface area contributed by atoms with Crippen LogP contribution in [-0.2, 0) is 67.1 Å². The monoisotopic (exact) mass is 2290 g/mol. The topological polar surface area (TPSA) is 264 Å². The van der Waals surface area contributed by atoms with E-state index in [1.54, 1.807) is 0 Å². The minimum absolute atomic E-state index is 0. The summed E-state index contributed by atoms with van der Waals surface area (Å²) < 4.78 is 86.8. The van der Waals surface area contributed by atoms with E-state index in [0.717, 1.165) is 19.3 Å². The molecule has 27 heteroatoms. The zero-order valence-electron chi connectivity index (χ0n) is 88.0. The van der Waals surface area contributed by atoms with Crippen molar-refractivity contribution in [2.24, 2.45) is 76.9 Å². The van der Waals surface area contributed by atoms with Crippen molar-refractivity contribution in [3.05, 3.63) is 308 Å². The number of esters is 2. The van der Waals surface area contributed by atoms with Crippen molar-refractivity contribution < 1.29 is 109 Å². The first-order valence-corrected chi connectivity index (χ1v) is 61.7. The van der Waals surface area contributed by atoms with Gasteiger partial charge in [0.15, 0.2) is 16.6 Å². The van der Waals surface area contributed by atoms with Crippen molar-refractivity contribution in [2.75, 3.05) is 13.2 Å². The summed E-state index contributed by atoms with van der Waals surface area (Å²) in [6.07, 6.45) is 9.43. The van der Waals surface area contributed by atoms with Crippen molar-refractivity contribution >= 4 is 146 Å². The van der Waals surface area contributed by atoms with Crippen molar-refractivity contribution in [2.45, 2.75) is 243 Å². The first kappa shape index (κ1) is 124. The summed E-state index contributed by atoms with van der Waals surface area (Å²) in [5.41, 5.74) is 7.79. The molecule has 17 nitrogen and oxygen atoms in total. The Morgan fingerprint density at radius 2 is 0.617 bits per heavy atom. The van der Waals surface area contributed by atoms with Crippen LogP contribution in [0.25, 0.3) is 16.7 Å². The molecular formula is C114H156BClO17S3Si4U. The van der Waals surface area contributed by atoms with Crippen LogP contribution >= 0.6 is 11.1 Å². The number of carbonyl (C=O) groups excluding carboxylic acids is 2. The normalized spacial score (nSPS) is 24.9. The van der Waals surface area contributed by atoms with E-state index in [4.69, 9.17) is 65.5 Å². The Labute approximate surface area is 889 Å². The molecule has 9 aromatic carbocycles. The molecule has 0 spiro atoms. The van der Waals surface area contributed by atoms with Gasteiger partial charge < -0.3 is 43.2 Å². The van der Waals surface area contributed by atoms with E-state index in [2.05, 4.69) is 389 Å². The van der Waals surface area contributed by atoms with Crippen LogP contribution in [0.3, 0.4) is 0 Å². The van der Waals surface area contributed by atoms with Gasteiger partial charge in [0.1, 0.15) is 12.2 Å². The van der Waals surface area contributed by atoms with Crippen molar-refractivity contribution in [3.8, 4) is 0 Å². The van der Waals surface area contributed by atoms with Crippen LogP contribution in [0.15, 0.2) is 291 Å². The zero-order valence-corrected chi connectivity index (χ0v) is 98.4. The predicted molar refractivity (Wildman–Crippen MR) is 588 cm³/mol. The Bertz CT molecular complexity index is 4940. The minimum atomic E-state index is -2.81. The summed E-state index contributed by atoms with van der Waals surface area (Å²) >= 11 is 5.00. The maximum absolute atomic E-state index is 13.0. The molecule has 2 aliphatic heterocycles. The van der Waals surface area contributed by atoms with Crippen LogP contribution in [0.2, 0.25) is 36.3 Å². The molecule has 3 aliphatic carbocycles. The molecule has 2 heterocycles. The molecule has 14 rings (SSSR count). The molecule has 0 saturated carbocycles. The average molecular weight is 2290 g/mol. The molecule has 0 aromatic heterocycles. The third-order valence-corrected chi connectivity index (χ3v) is 48.4. The molecule has 4 N–H and O–H groups in total. The fourth-order valence-corrected chi connectivity index (χ4v) is 29.2. The van der Waals surface area contributed by atoms with Gasteiger partial charge in [0.25, 0.3) is 8.32 Å². The Balaban J connectivity index is 0.000000358. The quantitative estimate of drug-likeness (QED) is 0.0254. The summed E-state index contributed by atoms with van der Waals surface area (Å²) in [6.45, 7) is 50.5. The molecule has 0 amide bonds. The van der Waals surface area contributed by atoms with Crippen LogP contribution in [0.4, 0.5) is 0 Å². The van der Waals surface area contributed by atoms with Gasteiger partial charge in [-0.3, -0.25) is 9.59 Å². The molecular weight excluding hydrogens is 2130 g/mol. The molecule has 2 radical (unpaired) electrons. The Morgan fingerprint density at radius 3 is 0.887 bits per heavy atom. The maximum Gasteiger partial charge on any atom is 0.335 e. The second kappa shape index (κ2) is 61.3. The van der Waals surface area contributed by atoms with Crippen LogP contribution in [-0.4, -0.2) is 156 Å². The van der Waals surface area contributed by atoms with Gasteiger partial charge >= 0.3 is 46.7 Å². The number of hydrogen-bond acceptors (Lipinski definition) is 17. The molecule has 0 bridgehead atoms. The summed E-state index contributed by atoms with van der Waals surface area (Å²) in [6, 6.07) is 94.4. The first-order valence-electron chi connectivity index (χ1n) is 49.5. The number of allylic oxidation sites excluding steroid dienone is 3. The third-order valence-electron chi connectivity index (χ3n) is 30.1. The van der Waals surface area contributed by atoms with E-state index in [0.29, 0.717) is 60.9 Å². The van der Waals surface area contributed by atoms with Crippen molar-refractivity contribution in [3.63, 3.8) is 0 Å². The second-order valence-corrected chi connectivity index (χ2v) is 59.0. The molecule has 2 saturated heterocycles. The minimum Gasteiger partial charge on any atom is -0.462 e. The SMILES string of the molecule is C[C@@H]1[C@H](C)[C@H](O)CC=C(c2ccccc2)[C@@H]1C.C[C@H]1[C@@H](O)[C@@H](C)C(c2ccccc2)=CC[C@H]1C.C[C@H]1[C@@H](O[Si](C)(C)C(C)(C)C)[C@@H](C)C(=O)O[C@@H]1CCO.C[C@H]1[C@@H](O[Si](C)(C)C(C)(C)C)[C@@H](C)C(=O)O[C@@H]1CCO[Si](c1ccccc1)(c1ccccc1)c1ccccc1.C[C@H]1[C@H](O)[C@@H](C)C(c2ccccc2)=CC[C@H]1C.Cl[Si](c1ccccc1)(c1ccccc1)c1ccccc1.O=S=O.O=S=O.O=S=O.[2H][B].[U]. The summed E-state index contributed by atoms with van der Waals surface area (Å²) in [4.78, 5) is 25.0. The van der Waals surface area contributed by atoms with E-state index in [1.165, 1.54) is 64.5 Å². The summed E-state index contributed by atoms with van der Waals surface area (Å²) in [5, 5.41) is 47.4. The number of aliphatic hydroxyl groups is 4. The van der Waals surface area contributed by atoms with Gasteiger partial charge in [-0.1, -0.05) is 409 Å². The molecule has 762 valence electrons. The fraction of sp³-hybridized carbons (Fsp3) is 0.456. The Hall–Kier alpha value is -7.41. The number of ether oxygens (including phenoxy) is 2. The smallest absolute Gasteiger partial charge is 0.335 e. The van der Waals surface area contributed by atoms with Crippen LogP contribution < -0.4 is 31.1 Å². The molecule has 2 fully saturated rings. The van der Waals surface area contributed by atoms with Gasteiger partial charge in [-0.05, 0) is 177 Å². The van der Waals surface area contributed by atoms with E-state index < -0.39 is 67.0 Å². The van der Waals surface area contributed by atoms with Crippen LogP contribution in [0, 0.1) is 108 Å². The van der Waals surface area contributed by atoms with E-state index in [-0.39, 0.29) is 138 Å². The standard InChI is InChI=1S/C33H44O4Si2.C18H15ClSi.3C16H22O.C15H30O4Si.BH.3O2S.U/c1-25-30(36-32(34)26(2)31(25)37-38(6,7)33(3,4)5)23-24-35-39(27-17-11-8-12-18-27,28-19-13-9-14-20-28)29-21-15-10-16-22-29;19-20(16-10-4-1-5-11-16,17-12-6-2-7-13-17)18-14-8-3-9-15-18;1-11-12(2)15(9-10-16(17)13(11)3)14-7-5-4-6-8-14;2*1-11-9-10-15(13(3)16(17)12(11)2)14-7-5-4-6-8-14;1-10-12(8-9-16)18-14(17)11(2)13(10)19-20(6,7)15(3,4)5;;3*1-3-2;/h8-22,25-26,30-31H,23-24H2,1-7H3;1-15H;4-9,11-13,16-17H,10H2,1-3H3;2*4-8,10-13,16-17H,9H2,1-3H3;10-13,16H,8-9H2,1-7H3;1H;;;;/t25-,26-,30-,31-;;11-,12+,13-,16+;11-,12-,13+,16+;11-,12-,13+,16-;10-,11-,12-,13-;;;;;/m1.0111...../s1/i;;;;;;1D;;;;. The number of halogens is 1. The molecule has 9 aromatic rings. The number of aliphatic hydroxyl groups excluding tert-OH is 4. The third kappa shape index (κ3) is 35.2. The summed E-state index contributed by atoms with van der Waals surface area (Å²) in [5.74, 6) is 2.95. The predicted octanol–water partition coefficient (Wildman–Crippen LogP) is 20.1. The van der Waals surface area contributed by atoms with Gasteiger partial charge in [-0.15, -0.1) is 11.1 Å². The van der Waals surface area contributed by atoms with Gasteiger partial charge in [-0.2, -0.15) is 25.3 Å². The van der Waals surface area contributed by atoms with Gasteiger partial charge in [0.05, 0.1) is 42.4 Å². The largest absolute Gasteiger partial charge is 0.462 e.